The summed E-state index contributed by atoms with van der Waals surface area (Å²) in [5.74, 6) is 2.10. The summed E-state index contributed by atoms with van der Waals surface area (Å²) in [4.78, 5) is 19.3. The van der Waals surface area contributed by atoms with Crippen molar-refractivity contribution in [2.24, 2.45) is 5.92 Å². The third-order valence-electron chi connectivity index (χ3n) is 5.50. The van der Waals surface area contributed by atoms with E-state index < -0.39 is 0 Å². The molecule has 0 spiro atoms. The molecule has 1 N–H and O–H groups in total. The van der Waals surface area contributed by atoms with Crippen LogP contribution in [0.4, 0.5) is 5.13 Å². The van der Waals surface area contributed by atoms with Gasteiger partial charge in [-0.25, -0.2) is 4.98 Å². The molecule has 0 saturated carbocycles. The van der Waals surface area contributed by atoms with Gasteiger partial charge in [0.05, 0.1) is 7.11 Å². The summed E-state index contributed by atoms with van der Waals surface area (Å²) in [6.07, 6.45) is 2.73. The van der Waals surface area contributed by atoms with Crippen LogP contribution in [0, 0.1) is 5.92 Å². The van der Waals surface area contributed by atoms with Gasteiger partial charge in [0, 0.05) is 48.2 Å². The second-order valence-electron chi connectivity index (χ2n) is 7.67. The number of piperidine rings is 1. The lowest BCUT2D eigenvalue weighted by Crippen LogP contribution is -2.38. The highest BCUT2D eigenvalue weighted by atomic mass is 35.5. The van der Waals surface area contributed by atoms with Gasteiger partial charge in [-0.1, -0.05) is 23.7 Å². The van der Waals surface area contributed by atoms with Crippen molar-refractivity contribution in [3.63, 3.8) is 0 Å². The number of carbonyl (C=O) groups is 1. The second kappa shape index (κ2) is 10.1. The molecule has 0 atom stereocenters. The first-order valence-corrected chi connectivity index (χ1v) is 11.5. The molecule has 1 saturated heterocycles. The van der Waals surface area contributed by atoms with Crippen molar-refractivity contribution in [3.05, 3.63) is 70.5 Å². The van der Waals surface area contributed by atoms with Gasteiger partial charge in [-0.15, -0.1) is 0 Å². The lowest BCUT2D eigenvalue weighted by Gasteiger charge is -2.31. The molecule has 4 rings (SSSR count). The Labute approximate surface area is 191 Å². The highest BCUT2D eigenvalue weighted by molar-refractivity contribution is 7.09. The largest absolute Gasteiger partial charge is 0.497 e. The Hall–Kier alpha value is -2.64. The number of rotatable bonds is 7. The standard InChI is InChI=1S/C23H25ClN4O2S/c1-30-20-4-2-3-17(13-20)14-21-26-23(31-27-21)28-11-9-16(10-12-28)15-25-22(29)18-5-7-19(24)8-6-18/h2-8,13,16H,9-12,14-15H2,1H3,(H,25,29). The maximum atomic E-state index is 12.3. The summed E-state index contributed by atoms with van der Waals surface area (Å²) < 4.78 is 9.83. The Kier molecular flexibility index (Phi) is 7.04. The summed E-state index contributed by atoms with van der Waals surface area (Å²) in [5, 5.41) is 4.65. The Bertz CT molecular complexity index is 1020. The van der Waals surface area contributed by atoms with E-state index in [2.05, 4.69) is 20.7 Å². The number of nitrogens with one attached hydrogen (secondary N) is 1. The minimum atomic E-state index is -0.0506. The van der Waals surface area contributed by atoms with Gasteiger partial charge in [0.25, 0.3) is 5.91 Å². The molecule has 1 amide bonds. The smallest absolute Gasteiger partial charge is 0.251 e. The summed E-state index contributed by atoms with van der Waals surface area (Å²) in [6.45, 7) is 2.54. The van der Waals surface area contributed by atoms with Gasteiger partial charge in [0.1, 0.15) is 11.6 Å². The van der Waals surface area contributed by atoms with Crippen LogP contribution in [0.1, 0.15) is 34.6 Å². The SMILES string of the molecule is COc1cccc(Cc2nsc(N3CCC(CNC(=O)c4ccc(Cl)cc4)CC3)n2)c1. The minimum absolute atomic E-state index is 0.0506. The number of nitrogens with zero attached hydrogens (tertiary/aromatic N) is 3. The molecule has 162 valence electrons. The van der Waals surface area contributed by atoms with Crippen molar-refractivity contribution in [1.82, 2.24) is 14.7 Å². The van der Waals surface area contributed by atoms with Crippen molar-refractivity contribution in [2.45, 2.75) is 19.3 Å². The van der Waals surface area contributed by atoms with E-state index in [1.807, 2.05) is 18.2 Å². The monoisotopic (exact) mass is 456 g/mol. The molecular formula is C23H25ClN4O2S. The van der Waals surface area contributed by atoms with E-state index in [-0.39, 0.29) is 5.91 Å². The van der Waals surface area contributed by atoms with E-state index in [0.29, 0.717) is 29.5 Å². The lowest BCUT2D eigenvalue weighted by molar-refractivity contribution is 0.0945. The molecule has 0 unspecified atom stereocenters. The fourth-order valence-electron chi connectivity index (χ4n) is 3.68. The maximum Gasteiger partial charge on any atom is 0.251 e. The molecular weight excluding hydrogens is 432 g/mol. The topological polar surface area (TPSA) is 67.3 Å². The average Bonchev–Trinajstić information content (AvgIpc) is 3.27. The van der Waals surface area contributed by atoms with Gasteiger partial charge >= 0.3 is 0 Å². The number of hydrogen-bond acceptors (Lipinski definition) is 6. The van der Waals surface area contributed by atoms with Crippen LogP contribution in [0.2, 0.25) is 5.02 Å². The Morgan fingerprint density at radius 3 is 2.74 bits per heavy atom. The number of anilines is 1. The third kappa shape index (κ3) is 5.74. The lowest BCUT2D eigenvalue weighted by atomic mass is 9.97. The van der Waals surface area contributed by atoms with Crippen LogP contribution in [0.25, 0.3) is 0 Å². The number of hydrogen-bond donors (Lipinski definition) is 1. The van der Waals surface area contributed by atoms with Crippen LogP contribution in [0.15, 0.2) is 48.5 Å². The first-order valence-electron chi connectivity index (χ1n) is 10.3. The van der Waals surface area contributed by atoms with Crippen LogP contribution in [-0.4, -0.2) is 42.0 Å². The quantitative estimate of drug-likeness (QED) is 0.569. The Balaban J connectivity index is 1.25. The first kappa shape index (κ1) is 21.6. The fraction of sp³-hybridized carbons (Fsp3) is 0.348. The van der Waals surface area contributed by atoms with E-state index in [9.17, 15) is 4.79 Å². The summed E-state index contributed by atoms with van der Waals surface area (Å²) in [5.41, 5.74) is 1.78. The van der Waals surface area contributed by atoms with E-state index in [0.717, 1.165) is 48.2 Å². The molecule has 0 radical (unpaired) electrons. The molecule has 2 heterocycles. The fourth-order valence-corrected chi connectivity index (χ4v) is 4.54. The normalized spacial score (nSPS) is 14.5. The van der Waals surface area contributed by atoms with Gasteiger partial charge in [0.15, 0.2) is 0 Å². The highest BCUT2D eigenvalue weighted by Crippen LogP contribution is 2.25. The van der Waals surface area contributed by atoms with E-state index in [4.69, 9.17) is 21.3 Å². The second-order valence-corrected chi connectivity index (χ2v) is 8.84. The van der Waals surface area contributed by atoms with Crippen LogP contribution in [0.5, 0.6) is 5.75 Å². The molecule has 8 heteroatoms. The Morgan fingerprint density at radius 1 is 1.23 bits per heavy atom. The summed E-state index contributed by atoms with van der Waals surface area (Å²) >= 11 is 7.34. The van der Waals surface area contributed by atoms with Crippen LogP contribution >= 0.6 is 23.1 Å². The van der Waals surface area contributed by atoms with Gasteiger partial charge in [-0.2, -0.15) is 4.37 Å². The molecule has 1 aliphatic rings. The van der Waals surface area contributed by atoms with Crippen LogP contribution < -0.4 is 15.0 Å². The predicted octanol–water partition coefficient (Wildman–Crippen LogP) is 4.44. The van der Waals surface area contributed by atoms with Gasteiger partial charge < -0.3 is 15.0 Å². The number of amides is 1. The highest BCUT2D eigenvalue weighted by Gasteiger charge is 2.22. The molecule has 6 nitrogen and oxygen atoms in total. The van der Waals surface area contributed by atoms with Crippen LogP contribution in [-0.2, 0) is 6.42 Å². The molecule has 0 aliphatic carbocycles. The minimum Gasteiger partial charge on any atom is -0.497 e. The summed E-state index contributed by atoms with van der Waals surface area (Å²) in [7, 11) is 1.67. The zero-order valence-corrected chi connectivity index (χ0v) is 19.0. The van der Waals surface area contributed by atoms with Crippen molar-refractivity contribution >= 4 is 34.2 Å². The maximum absolute atomic E-state index is 12.3. The number of benzene rings is 2. The summed E-state index contributed by atoms with van der Waals surface area (Å²) in [6, 6.07) is 15.0. The van der Waals surface area contributed by atoms with Gasteiger partial charge in [-0.3, -0.25) is 4.79 Å². The zero-order chi connectivity index (χ0) is 21.6. The molecule has 2 aromatic carbocycles. The third-order valence-corrected chi connectivity index (χ3v) is 6.56. The molecule has 3 aromatic rings. The zero-order valence-electron chi connectivity index (χ0n) is 17.4. The van der Waals surface area contributed by atoms with E-state index in [1.165, 1.54) is 11.5 Å². The molecule has 1 fully saturated rings. The first-order chi connectivity index (χ1) is 15.1. The number of ether oxygens (including phenoxy) is 1. The molecule has 1 aromatic heterocycles. The predicted molar refractivity (Wildman–Crippen MR) is 124 cm³/mol. The molecule has 0 bridgehead atoms. The number of aromatic nitrogens is 2. The number of halogens is 1. The number of carbonyl (C=O) groups excluding carboxylic acids is 1. The number of methoxy groups -OCH3 is 1. The molecule has 31 heavy (non-hydrogen) atoms. The van der Waals surface area contributed by atoms with E-state index in [1.54, 1.807) is 31.4 Å². The van der Waals surface area contributed by atoms with Crippen molar-refractivity contribution < 1.29 is 9.53 Å². The van der Waals surface area contributed by atoms with Crippen molar-refractivity contribution in [1.29, 1.82) is 0 Å². The van der Waals surface area contributed by atoms with Crippen molar-refractivity contribution in [3.8, 4) is 5.75 Å². The average molecular weight is 457 g/mol. The van der Waals surface area contributed by atoms with Gasteiger partial charge in [0.2, 0.25) is 5.13 Å². The van der Waals surface area contributed by atoms with Gasteiger partial charge in [-0.05, 0) is 60.7 Å². The van der Waals surface area contributed by atoms with Crippen molar-refractivity contribution in [2.75, 3.05) is 31.6 Å². The molecule has 1 aliphatic heterocycles. The Morgan fingerprint density at radius 2 is 2.00 bits per heavy atom. The van der Waals surface area contributed by atoms with E-state index >= 15 is 0 Å². The van der Waals surface area contributed by atoms with Crippen LogP contribution in [0.3, 0.4) is 0 Å².